The van der Waals surface area contributed by atoms with Crippen LogP contribution in [0.4, 0.5) is 5.82 Å². The number of aromatic carboxylic acids is 1. The molecule has 1 unspecified atom stereocenters. The topological polar surface area (TPSA) is 127 Å². The number of pyridine rings is 2. The lowest BCUT2D eigenvalue weighted by Crippen LogP contribution is -2.35. The van der Waals surface area contributed by atoms with Crippen molar-refractivity contribution in [2.45, 2.75) is 44.6 Å². The number of nitrogens with zero attached hydrogens (tertiary/aromatic N) is 4. The van der Waals surface area contributed by atoms with Gasteiger partial charge in [-0.05, 0) is 30.5 Å². The van der Waals surface area contributed by atoms with Gasteiger partial charge >= 0.3 is 5.97 Å². The maximum absolute atomic E-state index is 13.2. The fourth-order valence-electron chi connectivity index (χ4n) is 4.09. The quantitative estimate of drug-likeness (QED) is 0.626. The highest BCUT2D eigenvalue weighted by molar-refractivity contribution is 5.93. The van der Waals surface area contributed by atoms with Crippen LogP contribution in [0.5, 0.6) is 0 Å². The molecule has 1 saturated carbocycles. The van der Waals surface area contributed by atoms with E-state index >= 15 is 0 Å². The molecule has 1 aliphatic rings. The Balaban J connectivity index is 1.65. The number of aromatic nitrogens is 4. The SMILES string of the molecule is O=C(O)c1ccc(NC(=O)C(CC2CCCCC2)n2cnc3ccncc3c2=O)nc1. The summed E-state index contributed by atoms with van der Waals surface area (Å²) in [5.41, 5.74) is 0.237. The largest absolute Gasteiger partial charge is 0.478 e. The van der Waals surface area contributed by atoms with Crippen molar-refractivity contribution in [1.82, 2.24) is 19.5 Å². The lowest BCUT2D eigenvalue weighted by molar-refractivity contribution is -0.120. The number of nitrogens with one attached hydrogen (secondary N) is 1. The van der Waals surface area contributed by atoms with Crippen LogP contribution >= 0.6 is 0 Å². The zero-order chi connectivity index (χ0) is 21.8. The number of carboxylic acids is 1. The van der Waals surface area contributed by atoms with E-state index in [0.29, 0.717) is 23.2 Å². The van der Waals surface area contributed by atoms with E-state index in [1.54, 1.807) is 12.3 Å². The van der Waals surface area contributed by atoms with E-state index < -0.39 is 12.0 Å². The Bertz CT molecular complexity index is 1150. The second-order valence-corrected chi connectivity index (χ2v) is 7.83. The standard InChI is InChI=1S/C22H23N5O4/c28-20(26-19-7-6-15(11-24-19)22(30)31)18(10-14-4-2-1-3-5-14)27-13-25-17-8-9-23-12-16(17)21(27)29/h6-9,11-14,18H,1-5,10H2,(H,30,31)(H,24,26,28). The molecule has 0 saturated heterocycles. The predicted octanol–water partition coefficient (Wildman–Crippen LogP) is 3.03. The smallest absolute Gasteiger partial charge is 0.337 e. The van der Waals surface area contributed by atoms with Crippen LogP contribution < -0.4 is 10.9 Å². The summed E-state index contributed by atoms with van der Waals surface area (Å²) in [6, 6.07) is 3.71. The van der Waals surface area contributed by atoms with Gasteiger partial charge in [-0.25, -0.2) is 14.8 Å². The zero-order valence-corrected chi connectivity index (χ0v) is 16.9. The molecule has 4 rings (SSSR count). The Kier molecular flexibility index (Phi) is 6.01. The fraction of sp³-hybridized carbons (Fsp3) is 0.364. The first-order valence-electron chi connectivity index (χ1n) is 10.3. The van der Waals surface area contributed by atoms with E-state index in [2.05, 4.69) is 20.3 Å². The van der Waals surface area contributed by atoms with E-state index in [1.165, 1.54) is 41.8 Å². The van der Waals surface area contributed by atoms with Gasteiger partial charge < -0.3 is 10.4 Å². The zero-order valence-electron chi connectivity index (χ0n) is 16.9. The number of carbonyl (C=O) groups is 2. The lowest BCUT2D eigenvalue weighted by atomic mass is 9.84. The predicted molar refractivity (Wildman–Crippen MR) is 114 cm³/mol. The Hall–Kier alpha value is -3.62. The number of amides is 1. The molecule has 9 nitrogen and oxygen atoms in total. The van der Waals surface area contributed by atoms with Crippen LogP contribution in [0.3, 0.4) is 0 Å². The van der Waals surface area contributed by atoms with Crippen molar-refractivity contribution in [2.24, 2.45) is 5.92 Å². The van der Waals surface area contributed by atoms with Crippen molar-refractivity contribution in [2.75, 3.05) is 5.32 Å². The second kappa shape index (κ2) is 9.03. The van der Waals surface area contributed by atoms with E-state index in [1.807, 2.05) is 0 Å². The molecule has 0 aromatic carbocycles. The lowest BCUT2D eigenvalue weighted by Gasteiger charge is -2.27. The third kappa shape index (κ3) is 4.60. The molecular formula is C22H23N5O4. The van der Waals surface area contributed by atoms with E-state index in [-0.39, 0.29) is 22.8 Å². The summed E-state index contributed by atoms with van der Waals surface area (Å²) in [4.78, 5) is 49.7. The third-order valence-electron chi connectivity index (χ3n) is 5.77. The molecule has 1 fully saturated rings. The monoisotopic (exact) mass is 421 g/mol. The van der Waals surface area contributed by atoms with Crippen LogP contribution in [0.1, 0.15) is 54.9 Å². The van der Waals surface area contributed by atoms with Crippen LogP contribution in [0, 0.1) is 5.92 Å². The normalized spacial score (nSPS) is 15.5. The minimum absolute atomic E-state index is 0.0270. The molecule has 0 bridgehead atoms. The Morgan fingerprint density at radius 1 is 1.13 bits per heavy atom. The summed E-state index contributed by atoms with van der Waals surface area (Å²) in [6.07, 6.45) is 11.6. The molecule has 3 aromatic heterocycles. The maximum Gasteiger partial charge on any atom is 0.337 e. The molecule has 9 heteroatoms. The maximum atomic E-state index is 13.2. The molecule has 1 aliphatic carbocycles. The van der Waals surface area contributed by atoms with Crippen molar-refractivity contribution in [3.63, 3.8) is 0 Å². The molecule has 0 radical (unpaired) electrons. The van der Waals surface area contributed by atoms with Crippen LogP contribution in [0.2, 0.25) is 0 Å². The van der Waals surface area contributed by atoms with Crippen LogP contribution in [0.25, 0.3) is 10.9 Å². The van der Waals surface area contributed by atoms with Gasteiger partial charge in [-0.1, -0.05) is 32.1 Å². The summed E-state index contributed by atoms with van der Waals surface area (Å²) in [6.45, 7) is 0. The first-order chi connectivity index (χ1) is 15.0. The number of anilines is 1. The molecule has 1 amide bonds. The van der Waals surface area contributed by atoms with Crippen LogP contribution in [-0.4, -0.2) is 36.5 Å². The molecule has 1 atom stereocenters. The second-order valence-electron chi connectivity index (χ2n) is 7.83. The number of carbonyl (C=O) groups excluding carboxylic acids is 1. The van der Waals surface area contributed by atoms with Crippen molar-refractivity contribution < 1.29 is 14.7 Å². The van der Waals surface area contributed by atoms with Gasteiger partial charge in [0, 0.05) is 18.6 Å². The molecule has 31 heavy (non-hydrogen) atoms. The molecule has 0 spiro atoms. The number of carboxylic acid groups (broad SMARTS) is 1. The van der Waals surface area contributed by atoms with Crippen LogP contribution in [0.15, 0.2) is 47.9 Å². The molecular weight excluding hydrogens is 398 g/mol. The van der Waals surface area contributed by atoms with Crippen LogP contribution in [-0.2, 0) is 4.79 Å². The number of hydrogen-bond donors (Lipinski definition) is 2. The molecule has 3 heterocycles. The first-order valence-corrected chi connectivity index (χ1v) is 10.3. The molecule has 3 aromatic rings. The van der Waals surface area contributed by atoms with Gasteiger partial charge in [0.05, 0.1) is 22.8 Å². The average molecular weight is 421 g/mol. The Labute approximate surface area is 178 Å². The van der Waals surface area contributed by atoms with Gasteiger partial charge in [-0.2, -0.15) is 0 Å². The minimum atomic E-state index is -1.09. The highest BCUT2D eigenvalue weighted by Gasteiger charge is 2.27. The Morgan fingerprint density at radius 2 is 1.94 bits per heavy atom. The molecule has 0 aliphatic heterocycles. The highest BCUT2D eigenvalue weighted by Crippen LogP contribution is 2.31. The fourth-order valence-corrected chi connectivity index (χ4v) is 4.09. The highest BCUT2D eigenvalue weighted by atomic mass is 16.4. The van der Waals surface area contributed by atoms with Gasteiger partial charge in [0.25, 0.3) is 5.56 Å². The molecule has 2 N–H and O–H groups in total. The minimum Gasteiger partial charge on any atom is -0.478 e. The summed E-state index contributed by atoms with van der Waals surface area (Å²) >= 11 is 0. The number of fused-ring (bicyclic) bond motifs is 1. The van der Waals surface area contributed by atoms with E-state index in [9.17, 15) is 14.4 Å². The van der Waals surface area contributed by atoms with Gasteiger partial charge in [0.15, 0.2) is 0 Å². The van der Waals surface area contributed by atoms with Gasteiger partial charge in [-0.3, -0.25) is 19.1 Å². The van der Waals surface area contributed by atoms with Crippen molar-refractivity contribution >= 4 is 28.6 Å². The number of hydrogen-bond acceptors (Lipinski definition) is 6. The summed E-state index contributed by atoms with van der Waals surface area (Å²) < 4.78 is 1.37. The van der Waals surface area contributed by atoms with Gasteiger partial charge in [0.1, 0.15) is 11.9 Å². The summed E-state index contributed by atoms with van der Waals surface area (Å²) in [7, 11) is 0. The third-order valence-corrected chi connectivity index (χ3v) is 5.77. The van der Waals surface area contributed by atoms with Gasteiger partial charge in [-0.15, -0.1) is 0 Å². The first kappa shape index (κ1) is 20.6. The Morgan fingerprint density at radius 3 is 2.65 bits per heavy atom. The summed E-state index contributed by atoms with van der Waals surface area (Å²) in [5, 5.41) is 12.1. The molecule has 160 valence electrons. The van der Waals surface area contributed by atoms with Crippen molar-refractivity contribution in [3.8, 4) is 0 Å². The van der Waals surface area contributed by atoms with Crippen molar-refractivity contribution in [1.29, 1.82) is 0 Å². The number of rotatable bonds is 6. The summed E-state index contributed by atoms with van der Waals surface area (Å²) in [5.74, 6) is -0.910. The van der Waals surface area contributed by atoms with Crippen molar-refractivity contribution in [3.05, 3.63) is 59.0 Å². The van der Waals surface area contributed by atoms with E-state index in [4.69, 9.17) is 5.11 Å². The average Bonchev–Trinajstić information content (AvgIpc) is 2.79. The van der Waals surface area contributed by atoms with E-state index in [0.717, 1.165) is 25.7 Å². The van der Waals surface area contributed by atoms with Gasteiger partial charge in [0.2, 0.25) is 5.91 Å².